The van der Waals surface area contributed by atoms with Crippen molar-refractivity contribution in [1.29, 1.82) is 0 Å². The second-order valence-electron chi connectivity index (χ2n) is 6.08. The molecule has 2 rings (SSSR count). The van der Waals surface area contributed by atoms with Gasteiger partial charge in [-0.25, -0.2) is 0 Å². The van der Waals surface area contributed by atoms with Crippen LogP contribution in [0, 0.1) is 13.8 Å². The Morgan fingerprint density at radius 3 is 2.48 bits per heavy atom. The summed E-state index contributed by atoms with van der Waals surface area (Å²) in [6.45, 7) is 5.38. The number of anilines is 1. The summed E-state index contributed by atoms with van der Waals surface area (Å²) < 4.78 is 5.14. The van der Waals surface area contributed by atoms with E-state index in [9.17, 15) is 4.79 Å². The molecule has 0 unspecified atom stereocenters. The number of carbonyl (C=O) groups excluding carboxylic acids is 1. The topological polar surface area (TPSA) is 50.4 Å². The van der Waals surface area contributed by atoms with Gasteiger partial charge in [0.15, 0.2) is 0 Å². The molecule has 0 aliphatic carbocycles. The predicted molar refractivity (Wildman–Crippen MR) is 104 cm³/mol. The van der Waals surface area contributed by atoms with Crippen molar-refractivity contribution in [2.24, 2.45) is 0 Å². The van der Waals surface area contributed by atoms with Gasteiger partial charge in [-0.3, -0.25) is 4.79 Å². The van der Waals surface area contributed by atoms with Gasteiger partial charge in [-0.05, 0) is 61.7 Å². The molecule has 2 N–H and O–H groups in total. The second kappa shape index (κ2) is 9.44. The number of aryl methyl sites for hydroxylation is 2. The number of carbonyl (C=O) groups is 1. The average molecular weight is 361 g/mol. The lowest BCUT2D eigenvalue weighted by Gasteiger charge is -2.12. The summed E-state index contributed by atoms with van der Waals surface area (Å²) in [4.78, 5) is 12.1. The van der Waals surface area contributed by atoms with E-state index in [1.165, 1.54) is 5.56 Å². The highest BCUT2D eigenvalue weighted by Gasteiger charge is 2.09. The normalized spacial score (nSPS) is 10.6. The molecule has 0 heterocycles. The molecule has 0 radical (unpaired) electrons. The molecule has 5 heteroatoms. The third kappa shape index (κ3) is 6.07. The Bertz CT molecular complexity index is 691. The zero-order chi connectivity index (χ0) is 18.2. The van der Waals surface area contributed by atoms with Crippen molar-refractivity contribution in [2.75, 3.05) is 25.5 Å². The van der Waals surface area contributed by atoms with Gasteiger partial charge in [0.1, 0.15) is 5.75 Å². The summed E-state index contributed by atoms with van der Waals surface area (Å²) in [5, 5.41) is 6.78. The quantitative estimate of drug-likeness (QED) is 0.696. The lowest BCUT2D eigenvalue weighted by atomic mass is 10.1. The first-order valence-corrected chi connectivity index (χ1v) is 8.77. The van der Waals surface area contributed by atoms with Crippen molar-refractivity contribution in [1.82, 2.24) is 5.32 Å². The molecule has 2 aromatic carbocycles. The van der Waals surface area contributed by atoms with E-state index in [-0.39, 0.29) is 5.91 Å². The van der Waals surface area contributed by atoms with E-state index in [1.54, 1.807) is 7.11 Å². The molecular formula is C20H25ClN2O2. The van der Waals surface area contributed by atoms with Crippen LogP contribution in [0.4, 0.5) is 5.69 Å². The molecule has 0 saturated carbocycles. The zero-order valence-corrected chi connectivity index (χ0v) is 15.7. The number of benzene rings is 2. The monoisotopic (exact) mass is 360 g/mol. The molecule has 4 nitrogen and oxygen atoms in total. The van der Waals surface area contributed by atoms with Gasteiger partial charge in [-0.2, -0.15) is 0 Å². The maximum Gasteiger partial charge on any atom is 0.225 e. The fourth-order valence-corrected chi connectivity index (χ4v) is 3.00. The second-order valence-corrected chi connectivity index (χ2v) is 6.49. The van der Waals surface area contributed by atoms with Crippen LogP contribution in [0.25, 0.3) is 0 Å². The van der Waals surface area contributed by atoms with E-state index in [0.717, 1.165) is 29.8 Å². The van der Waals surface area contributed by atoms with Gasteiger partial charge in [0, 0.05) is 13.0 Å². The van der Waals surface area contributed by atoms with Gasteiger partial charge in [0.25, 0.3) is 0 Å². The number of hydrogen-bond acceptors (Lipinski definition) is 3. The lowest BCUT2D eigenvalue weighted by molar-refractivity contribution is -0.116. The van der Waals surface area contributed by atoms with Crippen molar-refractivity contribution in [3.8, 4) is 5.75 Å². The first-order valence-electron chi connectivity index (χ1n) is 8.40. The maximum atomic E-state index is 12.1. The number of amides is 1. The summed E-state index contributed by atoms with van der Waals surface area (Å²) >= 11 is 6.21. The van der Waals surface area contributed by atoms with Crippen molar-refractivity contribution < 1.29 is 9.53 Å². The summed E-state index contributed by atoms with van der Waals surface area (Å²) in [5.41, 5.74) is 4.00. The molecule has 0 aromatic heterocycles. The predicted octanol–water partition coefficient (Wildman–Crippen LogP) is 4.13. The largest absolute Gasteiger partial charge is 0.497 e. The highest BCUT2D eigenvalue weighted by atomic mass is 35.5. The Morgan fingerprint density at radius 1 is 1.12 bits per heavy atom. The highest BCUT2D eigenvalue weighted by Crippen LogP contribution is 2.27. The molecule has 0 spiro atoms. The summed E-state index contributed by atoms with van der Waals surface area (Å²) in [6, 6.07) is 11.9. The van der Waals surface area contributed by atoms with E-state index in [0.29, 0.717) is 23.7 Å². The van der Waals surface area contributed by atoms with Crippen LogP contribution >= 0.6 is 11.6 Å². The molecule has 2 aromatic rings. The molecule has 0 atom stereocenters. The van der Waals surface area contributed by atoms with Crippen LogP contribution in [0.2, 0.25) is 5.02 Å². The van der Waals surface area contributed by atoms with Crippen LogP contribution in [0.3, 0.4) is 0 Å². The van der Waals surface area contributed by atoms with Crippen LogP contribution in [-0.4, -0.2) is 26.1 Å². The number of methoxy groups -OCH3 is 1. The lowest BCUT2D eigenvalue weighted by Crippen LogP contribution is -2.24. The van der Waals surface area contributed by atoms with Gasteiger partial charge in [0.05, 0.1) is 17.8 Å². The van der Waals surface area contributed by atoms with Gasteiger partial charge >= 0.3 is 0 Å². The van der Waals surface area contributed by atoms with E-state index in [2.05, 4.69) is 22.8 Å². The summed E-state index contributed by atoms with van der Waals surface area (Å²) in [6.07, 6.45) is 1.32. The summed E-state index contributed by atoms with van der Waals surface area (Å²) in [5.74, 6) is 0.823. The Hall–Kier alpha value is -2.04. The Morgan fingerprint density at radius 2 is 1.84 bits per heavy atom. The van der Waals surface area contributed by atoms with Crippen LogP contribution < -0.4 is 15.4 Å². The fraction of sp³-hybridized carbons (Fsp3) is 0.350. The standard InChI is InChI=1S/C20H25ClN2O2/c1-14-12-15(2)20(18(21)13-14)23-19(24)9-11-22-10-8-16-4-6-17(25-3)7-5-16/h4-7,12-13,22H,8-11H2,1-3H3,(H,23,24). The Balaban J connectivity index is 1.70. The van der Waals surface area contributed by atoms with Crippen LogP contribution in [0.1, 0.15) is 23.1 Å². The molecule has 0 saturated heterocycles. The molecule has 25 heavy (non-hydrogen) atoms. The molecule has 0 fully saturated rings. The first-order chi connectivity index (χ1) is 12.0. The minimum absolute atomic E-state index is 0.0363. The maximum absolute atomic E-state index is 12.1. The van der Waals surface area contributed by atoms with E-state index in [1.807, 2.05) is 38.1 Å². The molecule has 1 amide bonds. The van der Waals surface area contributed by atoms with Crippen LogP contribution in [-0.2, 0) is 11.2 Å². The number of nitrogens with one attached hydrogen (secondary N) is 2. The number of ether oxygens (including phenoxy) is 1. The Labute approximate surface area is 154 Å². The van der Waals surface area contributed by atoms with Gasteiger partial charge in [-0.1, -0.05) is 29.8 Å². The third-order valence-electron chi connectivity index (χ3n) is 3.97. The van der Waals surface area contributed by atoms with Crippen molar-refractivity contribution in [2.45, 2.75) is 26.7 Å². The Kier molecular flexibility index (Phi) is 7.29. The van der Waals surface area contributed by atoms with Crippen LogP contribution in [0.5, 0.6) is 5.75 Å². The third-order valence-corrected chi connectivity index (χ3v) is 4.27. The summed E-state index contributed by atoms with van der Waals surface area (Å²) in [7, 11) is 1.66. The number of rotatable bonds is 8. The van der Waals surface area contributed by atoms with E-state index in [4.69, 9.17) is 16.3 Å². The SMILES string of the molecule is COc1ccc(CCNCCC(=O)Nc2c(C)cc(C)cc2Cl)cc1. The minimum atomic E-state index is -0.0363. The van der Waals surface area contributed by atoms with Crippen molar-refractivity contribution in [3.63, 3.8) is 0 Å². The smallest absolute Gasteiger partial charge is 0.225 e. The zero-order valence-electron chi connectivity index (χ0n) is 15.0. The van der Waals surface area contributed by atoms with Gasteiger partial charge < -0.3 is 15.4 Å². The van der Waals surface area contributed by atoms with Gasteiger partial charge in [0.2, 0.25) is 5.91 Å². The fourth-order valence-electron chi connectivity index (χ4n) is 2.63. The number of hydrogen-bond donors (Lipinski definition) is 2. The van der Waals surface area contributed by atoms with E-state index >= 15 is 0 Å². The van der Waals surface area contributed by atoms with Gasteiger partial charge in [-0.15, -0.1) is 0 Å². The minimum Gasteiger partial charge on any atom is -0.497 e. The van der Waals surface area contributed by atoms with E-state index < -0.39 is 0 Å². The van der Waals surface area contributed by atoms with Crippen molar-refractivity contribution >= 4 is 23.2 Å². The first kappa shape index (κ1) is 19.3. The number of halogens is 1. The molecule has 0 aliphatic rings. The molecule has 0 aliphatic heterocycles. The molecule has 0 bridgehead atoms. The molecule has 134 valence electrons. The molecular weight excluding hydrogens is 336 g/mol. The van der Waals surface area contributed by atoms with Crippen LogP contribution in [0.15, 0.2) is 36.4 Å². The van der Waals surface area contributed by atoms with Crippen molar-refractivity contribution in [3.05, 3.63) is 58.1 Å². The highest BCUT2D eigenvalue weighted by molar-refractivity contribution is 6.34. The average Bonchev–Trinajstić information content (AvgIpc) is 2.58.